The molecule has 0 spiro atoms. The Balaban J connectivity index is 0.00000161. The maximum absolute atomic E-state index is 13.3. The molecule has 4 amide bonds. The van der Waals surface area contributed by atoms with E-state index in [-0.39, 0.29) is 35.5 Å². The summed E-state index contributed by atoms with van der Waals surface area (Å²) < 4.78 is 4.55. The molecule has 2 aromatic carbocycles. The zero-order valence-electron chi connectivity index (χ0n) is 31.6. The Morgan fingerprint density at radius 2 is 1.38 bits per heavy atom. The van der Waals surface area contributed by atoms with E-state index in [0.29, 0.717) is 28.2 Å². The molecule has 0 bridgehead atoms. The molecule has 0 aliphatic rings. The van der Waals surface area contributed by atoms with Crippen molar-refractivity contribution in [2.75, 3.05) is 18.1 Å². The number of thioether (sulfide) groups is 1. The average Bonchev–Trinajstić information content (AvgIpc) is 2.98. The minimum Gasteiger partial charge on any atom is -0.462 e. The van der Waals surface area contributed by atoms with Crippen molar-refractivity contribution in [3.8, 4) is 0 Å². The molecule has 0 saturated heterocycles. The quantitative estimate of drug-likeness (QED) is 0.129. The minimum absolute atomic E-state index is 0.202. The predicted octanol–water partition coefficient (Wildman–Crippen LogP) is 4.45. The molecular formula is C37H57N5O7S. The third-order valence-corrected chi connectivity index (χ3v) is 7.82. The molecule has 0 saturated carbocycles. The number of nitrogens with one attached hydrogen (secondary N) is 5. The number of carbonyl (C=O) groups excluding carboxylic acids is 5. The number of rotatable bonds is 13. The van der Waals surface area contributed by atoms with Gasteiger partial charge in [0.05, 0.1) is 17.7 Å². The Kier molecular flexibility index (Phi) is 17.1. The summed E-state index contributed by atoms with van der Waals surface area (Å²) in [6.07, 6.45) is -0.537. The summed E-state index contributed by atoms with van der Waals surface area (Å²) in [5.74, 6) is -0.994. The lowest BCUT2D eigenvalue weighted by molar-refractivity contribution is -0.138. The van der Waals surface area contributed by atoms with Crippen LogP contribution in [0.3, 0.4) is 0 Å². The molecule has 0 heterocycles. The first kappa shape index (κ1) is 44.1. The summed E-state index contributed by atoms with van der Waals surface area (Å²) >= 11 is 1.31. The van der Waals surface area contributed by atoms with Crippen LogP contribution < -0.4 is 26.6 Å². The highest BCUT2D eigenvalue weighted by Crippen LogP contribution is 2.28. The lowest BCUT2D eigenvalue weighted by Crippen LogP contribution is -2.48. The van der Waals surface area contributed by atoms with Crippen LogP contribution in [0.1, 0.15) is 102 Å². The second-order valence-electron chi connectivity index (χ2n) is 15.0. The van der Waals surface area contributed by atoms with Gasteiger partial charge in [-0.25, -0.2) is 0 Å². The van der Waals surface area contributed by atoms with Crippen molar-refractivity contribution in [1.29, 1.82) is 0 Å². The van der Waals surface area contributed by atoms with Crippen LogP contribution in [0.15, 0.2) is 47.4 Å². The van der Waals surface area contributed by atoms with Crippen LogP contribution in [0.2, 0.25) is 0 Å². The van der Waals surface area contributed by atoms with E-state index >= 15 is 0 Å². The van der Waals surface area contributed by atoms with Crippen LogP contribution in [0.4, 0.5) is 5.69 Å². The van der Waals surface area contributed by atoms with Crippen molar-refractivity contribution in [3.05, 3.63) is 59.2 Å². The Labute approximate surface area is 301 Å². The van der Waals surface area contributed by atoms with Crippen LogP contribution in [0.5, 0.6) is 0 Å². The van der Waals surface area contributed by atoms with E-state index in [0.717, 1.165) is 5.56 Å². The average molecular weight is 716 g/mol. The Hall–Kier alpha value is -3.94. The summed E-state index contributed by atoms with van der Waals surface area (Å²) in [5.41, 5.74) is 0.764. The highest BCUT2D eigenvalue weighted by Gasteiger charge is 2.23. The number of ether oxygens (including phenoxy) is 1. The summed E-state index contributed by atoms with van der Waals surface area (Å²) in [6, 6.07) is 10.9. The number of aliphatic hydroxyl groups excluding tert-OH is 1. The molecule has 6 N–H and O–H groups in total. The summed E-state index contributed by atoms with van der Waals surface area (Å²) in [7, 11) is 1.66. The third kappa shape index (κ3) is 17.1. The smallest absolute Gasteiger partial charge is 0.293 e. The molecule has 278 valence electrons. The molecule has 2 unspecified atom stereocenters. The van der Waals surface area contributed by atoms with Crippen molar-refractivity contribution in [3.63, 3.8) is 0 Å². The van der Waals surface area contributed by atoms with Crippen molar-refractivity contribution < 1.29 is 33.8 Å². The van der Waals surface area contributed by atoms with Gasteiger partial charge in [0.2, 0.25) is 11.8 Å². The van der Waals surface area contributed by atoms with Gasteiger partial charge in [-0.15, -0.1) is 11.8 Å². The monoisotopic (exact) mass is 715 g/mol. The molecule has 0 aromatic heterocycles. The number of benzene rings is 2. The van der Waals surface area contributed by atoms with E-state index in [2.05, 4.69) is 31.3 Å². The van der Waals surface area contributed by atoms with Gasteiger partial charge in [0.15, 0.2) is 0 Å². The van der Waals surface area contributed by atoms with Crippen LogP contribution in [0, 0.1) is 0 Å². The number of likely N-dealkylation sites (N-methyl/N-ethyl adjacent to an activating group) is 1. The number of amides is 4. The summed E-state index contributed by atoms with van der Waals surface area (Å²) in [5, 5.41) is 25.1. The molecule has 2 rings (SSSR count). The van der Waals surface area contributed by atoms with Gasteiger partial charge in [0.25, 0.3) is 18.3 Å². The fraction of sp³-hybridized carbons (Fsp3) is 0.541. The number of hydrogen-bond donors (Lipinski definition) is 6. The number of aliphatic hydroxyl groups is 1. The molecule has 0 aliphatic carbocycles. The van der Waals surface area contributed by atoms with Crippen LogP contribution in [0.25, 0.3) is 0 Å². The maximum atomic E-state index is 13.3. The number of carbonyl (C=O) groups is 5. The van der Waals surface area contributed by atoms with Crippen molar-refractivity contribution in [2.24, 2.45) is 0 Å². The van der Waals surface area contributed by atoms with Crippen molar-refractivity contribution in [1.82, 2.24) is 21.3 Å². The largest absolute Gasteiger partial charge is 0.462 e. The van der Waals surface area contributed by atoms with Gasteiger partial charge < -0.3 is 36.4 Å². The van der Waals surface area contributed by atoms with Crippen LogP contribution in [-0.2, 0) is 25.5 Å². The molecule has 2 aromatic rings. The lowest BCUT2D eigenvalue weighted by atomic mass is 10.00. The Morgan fingerprint density at radius 3 is 1.88 bits per heavy atom. The second kappa shape index (κ2) is 19.5. The zero-order chi connectivity index (χ0) is 38.4. The highest BCUT2D eigenvalue weighted by molar-refractivity contribution is 7.99. The van der Waals surface area contributed by atoms with Gasteiger partial charge in [0.1, 0.15) is 11.6 Å². The van der Waals surface area contributed by atoms with E-state index in [4.69, 9.17) is 0 Å². The van der Waals surface area contributed by atoms with E-state index in [1.54, 1.807) is 51.2 Å². The lowest BCUT2D eigenvalue weighted by Gasteiger charge is -2.23. The zero-order valence-corrected chi connectivity index (χ0v) is 32.4. The fourth-order valence-electron chi connectivity index (χ4n) is 4.08. The molecule has 0 radical (unpaired) electrons. The number of anilines is 1. The van der Waals surface area contributed by atoms with Gasteiger partial charge >= 0.3 is 0 Å². The Morgan fingerprint density at radius 1 is 0.820 bits per heavy atom. The third-order valence-electron chi connectivity index (χ3n) is 6.60. The Bertz CT molecular complexity index is 1460. The molecule has 13 heteroatoms. The summed E-state index contributed by atoms with van der Waals surface area (Å²) in [4.78, 5) is 61.3. The second-order valence-corrected chi connectivity index (χ2v) is 16.1. The topological polar surface area (TPSA) is 175 Å². The van der Waals surface area contributed by atoms with Gasteiger partial charge in [-0.05, 0) is 119 Å². The van der Waals surface area contributed by atoms with E-state index < -0.39 is 35.2 Å². The van der Waals surface area contributed by atoms with Crippen LogP contribution in [-0.4, -0.2) is 82.9 Å². The van der Waals surface area contributed by atoms with Gasteiger partial charge in [-0.1, -0.05) is 18.2 Å². The number of hydrogen-bond acceptors (Lipinski definition) is 9. The fourth-order valence-corrected chi connectivity index (χ4v) is 5.04. The SMILES string of the molecule is CC(C)(C)OC=O.CNC(C)C(=O)N[C@@H](C)C(=O)Nc1ccc(SCC(O)Cc2ccccc2C(=O)NC(C)(C)C)c(C(=O)NC(C)(C)C)c1. The normalized spacial score (nSPS) is 13.4. The first-order valence-corrected chi connectivity index (χ1v) is 17.5. The first-order valence-electron chi connectivity index (χ1n) is 16.5. The first-order chi connectivity index (χ1) is 23.0. The summed E-state index contributed by atoms with van der Waals surface area (Å²) in [6.45, 7) is 20.5. The van der Waals surface area contributed by atoms with Crippen molar-refractivity contribution in [2.45, 2.75) is 122 Å². The van der Waals surface area contributed by atoms with E-state index in [1.807, 2.05) is 74.4 Å². The van der Waals surface area contributed by atoms with Crippen LogP contribution >= 0.6 is 11.8 Å². The standard InChI is InChI=1S/C32H47N5O5S.C5H10O2/c1-19(33-9)27(39)34-20(2)28(40)35-22-14-15-26(25(17-22)30(42)37-32(6,7)8)43-18-23(38)16-21-12-10-11-13-24(21)29(41)36-31(3,4)5;1-5(2,3)7-4-6/h10-15,17,19-20,23,33,38H,16,18H2,1-9H3,(H,34,39)(H,35,40)(H,36,41)(H,37,42);4H,1-3H3/t19?,20-,23?;/m0./s1. The van der Waals surface area contributed by atoms with E-state index in [9.17, 15) is 29.1 Å². The molecule has 50 heavy (non-hydrogen) atoms. The van der Waals surface area contributed by atoms with E-state index in [1.165, 1.54) is 11.8 Å². The highest BCUT2D eigenvalue weighted by atomic mass is 32.2. The van der Waals surface area contributed by atoms with Gasteiger partial charge in [-0.2, -0.15) is 0 Å². The van der Waals surface area contributed by atoms with Crippen molar-refractivity contribution >= 4 is 47.6 Å². The molecule has 3 atom stereocenters. The molecular weight excluding hydrogens is 659 g/mol. The molecule has 0 aliphatic heterocycles. The predicted molar refractivity (Wildman–Crippen MR) is 199 cm³/mol. The molecule has 12 nitrogen and oxygen atoms in total. The molecule has 0 fully saturated rings. The maximum Gasteiger partial charge on any atom is 0.293 e. The van der Waals surface area contributed by atoms with Gasteiger partial charge in [-0.3, -0.25) is 24.0 Å². The van der Waals surface area contributed by atoms with Gasteiger partial charge in [0, 0.05) is 33.0 Å². The minimum atomic E-state index is -0.798.